The first kappa shape index (κ1) is 11.2. The standard InChI is InChI=1S/C9H13BrN2O2/c1-3-8-7(10)6-12(11-8)5-4-9(13)14-2/h6H,3-5H2,1-2H3. The van der Waals surface area contributed by atoms with Crippen molar-refractivity contribution in [3.8, 4) is 0 Å². The van der Waals surface area contributed by atoms with Gasteiger partial charge in [0.2, 0.25) is 0 Å². The largest absolute Gasteiger partial charge is 0.469 e. The van der Waals surface area contributed by atoms with Crippen molar-refractivity contribution in [2.24, 2.45) is 0 Å². The first-order chi connectivity index (χ1) is 6.67. The molecule has 0 radical (unpaired) electrons. The Labute approximate surface area is 91.4 Å². The molecule has 0 aliphatic rings. The Morgan fingerprint density at radius 3 is 2.93 bits per heavy atom. The van der Waals surface area contributed by atoms with Gasteiger partial charge in [0.15, 0.2) is 0 Å². The van der Waals surface area contributed by atoms with Gasteiger partial charge in [-0.3, -0.25) is 9.48 Å². The molecule has 0 spiro atoms. The summed E-state index contributed by atoms with van der Waals surface area (Å²) in [5.41, 5.74) is 1.01. The number of aromatic nitrogens is 2. The summed E-state index contributed by atoms with van der Waals surface area (Å²) < 4.78 is 7.28. The van der Waals surface area contributed by atoms with Crippen molar-refractivity contribution in [1.82, 2.24) is 9.78 Å². The van der Waals surface area contributed by atoms with Crippen LogP contribution in [0.5, 0.6) is 0 Å². The summed E-state index contributed by atoms with van der Waals surface area (Å²) in [5, 5.41) is 4.30. The van der Waals surface area contributed by atoms with Crippen LogP contribution in [-0.2, 0) is 22.5 Å². The summed E-state index contributed by atoms with van der Waals surface area (Å²) >= 11 is 3.40. The average molecular weight is 261 g/mol. The van der Waals surface area contributed by atoms with Crippen molar-refractivity contribution in [2.45, 2.75) is 26.3 Å². The molecular weight excluding hydrogens is 248 g/mol. The lowest BCUT2D eigenvalue weighted by Gasteiger charge is -1.99. The van der Waals surface area contributed by atoms with Gasteiger partial charge in [-0.2, -0.15) is 5.10 Å². The van der Waals surface area contributed by atoms with E-state index in [1.807, 2.05) is 13.1 Å². The van der Waals surface area contributed by atoms with Crippen LogP contribution in [0.3, 0.4) is 0 Å². The minimum Gasteiger partial charge on any atom is -0.469 e. The molecule has 0 aromatic carbocycles. The lowest BCUT2D eigenvalue weighted by atomic mass is 10.3. The smallest absolute Gasteiger partial charge is 0.307 e. The molecule has 78 valence electrons. The van der Waals surface area contributed by atoms with Crippen LogP contribution in [0.15, 0.2) is 10.7 Å². The van der Waals surface area contributed by atoms with E-state index in [9.17, 15) is 4.79 Å². The average Bonchev–Trinajstić information content (AvgIpc) is 2.55. The number of methoxy groups -OCH3 is 1. The van der Waals surface area contributed by atoms with Crippen LogP contribution in [0.2, 0.25) is 0 Å². The molecule has 1 aromatic heterocycles. The van der Waals surface area contributed by atoms with Gasteiger partial charge < -0.3 is 4.74 Å². The van der Waals surface area contributed by atoms with Crippen molar-refractivity contribution < 1.29 is 9.53 Å². The molecule has 0 amide bonds. The fourth-order valence-corrected chi connectivity index (χ4v) is 1.70. The summed E-state index contributed by atoms with van der Waals surface area (Å²) in [6.07, 6.45) is 3.11. The van der Waals surface area contributed by atoms with Gasteiger partial charge in [-0.15, -0.1) is 0 Å². The topological polar surface area (TPSA) is 44.1 Å². The summed E-state index contributed by atoms with van der Waals surface area (Å²) in [7, 11) is 1.39. The second-order valence-corrected chi connectivity index (χ2v) is 3.72. The van der Waals surface area contributed by atoms with Gasteiger partial charge >= 0.3 is 5.97 Å². The monoisotopic (exact) mass is 260 g/mol. The third-order valence-corrected chi connectivity index (χ3v) is 2.56. The highest BCUT2D eigenvalue weighted by Gasteiger charge is 2.06. The van der Waals surface area contributed by atoms with Crippen molar-refractivity contribution in [2.75, 3.05) is 7.11 Å². The number of hydrogen-bond donors (Lipinski definition) is 0. The van der Waals surface area contributed by atoms with E-state index in [4.69, 9.17) is 0 Å². The summed E-state index contributed by atoms with van der Waals surface area (Å²) in [6.45, 7) is 2.60. The lowest BCUT2D eigenvalue weighted by Crippen LogP contribution is -2.07. The molecule has 1 heterocycles. The van der Waals surface area contributed by atoms with Crippen molar-refractivity contribution in [1.29, 1.82) is 0 Å². The Hall–Kier alpha value is -0.840. The fourth-order valence-electron chi connectivity index (χ4n) is 1.10. The Balaban J connectivity index is 2.55. The molecule has 0 fully saturated rings. The zero-order chi connectivity index (χ0) is 10.6. The number of carbonyl (C=O) groups excluding carboxylic acids is 1. The molecule has 5 heteroatoms. The van der Waals surface area contributed by atoms with Gasteiger partial charge in [0.1, 0.15) is 0 Å². The number of aryl methyl sites for hydroxylation is 2. The predicted molar refractivity (Wildman–Crippen MR) is 55.9 cm³/mol. The molecule has 14 heavy (non-hydrogen) atoms. The van der Waals surface area contributed by atoms with E-state index in [-0.39, 0.29) is 5.97 Å². The second kappa shape index (κ2) is 5.14. The number of rotatable bonds is 4. The zero-order valence-corrected chi connectivity index (χ0v) is 9.87. The van der Waals surface area contributed by atoms with Gasteiger partial charge in [0.25, 0.3) is 0 Å². The maximum atomic E-state index is 10.9. The number of esters is 1. The minimum atomic E-state index is -0.213. The first-order valence-corrected chi connectivity index (χ1v) is 5.25. The number of halogens is 1. The molecule has 0 unspecified atom stereocenters. The molecule has 1 aromatic rings. The fraction of sp³-hybridized carbons (Fsp3) is 0.556. The van der Waals surface area contributed by atoms with E-state index >= 15 is 0 Å². The predicted octanol–water partition coefficient (Wildman–Crippen LogP) is 1.77. The quantitative estimate of drug-likeness (QED) is 0.776. The van der Waals surface area contributed by atoms with E-state index in [0.29, 0.717) is 13.0 Å². The SMILES string of the molecule is CCc1nn(CCC(=O)OC)cc1Br. The molecule has 0 saturated heterocycles. The molecule has 0 aliphatic carbocycles. The third kappa shape index (κ3) is 2.83. The van der Waals surface area contributed by atoms with Gasteiger partial charge in [-0.1, -0.05) is 6.92 Å². The minimum absolute atomic E-state index is 0.213. The van der Waals surface area contributed by atoms with Crippen LogP contribution in [0.4, 0.5) is 0 Å². The summed E-state index contributed by atoms with van der Waals surface area (Å²) in [6, 6.07) is 0. The Morgan fingerprint density at radius 1 is 1.71 bits per heavy atom. The van der Waals surface area contributed by atoms with Gasteiger partial charge in [0.05, 0.1) is 30.2 Å². The molecule has 1 rings (SSSR count). The second-order valence-electron chi connectivity index (χ2n) is 2.87. The van der Waals surface area contributed by atoms with Crippen LogP contribution < -0.4 is 0 Å². The first-order valence-electron chi connectivity index (χ1n) is 4.46. The number of ether oxygens (including phenoxy) is 1. The molecule has 4 nitrogen and oxygen atoms in total. The van der Waals surface area contributed by atoms with Gasteiger partial charge in [0, 0.05) is 6.20 Å². The van der Waals surface area contributed by atoms with Gasteiger partial charge in [-0.05, 0) is 22.4 Å². The zero-order valence-electron chi connectivity index (χ0n) is 8.29. The van der Waals surface area contributed by atoms with Crippen LogP contribution in [-0.4, -0.2) is 22.9 Å². The highest BCUT2D eigenvalue weighted by Crippen LogP contribution is 2.15. The third-order valence-electron chi connectivity index (χ3n) is 1.89. The molecular formula is C9H13BrN2O2. The van der Waals surface area contributed by atoms with Crippen LogP contribution in [0.25, 0.3) is 0 Å². The van der Waals surface area contributed by atoms with Crippen LogP contribution >= 0.6 is 15.9 Å². The van der Waals surface area contributed by atoms with Crippen LogP contribution in [0, 0.1) is 0 Å². The van der Waals surface area contributed by atoms with E-state index < -0.39 is 0 Å². The number of nitrogens with zero attached hydrogens (tertiary/aromatic N) is 2. The van der Waals surface area contributed by atoms with Crippen LogP contribution in [0.1, 0.15) is 19.0 Å². The Morgan fingerprint density at radius 2 is 2.43 bits per heavy atom. The maximum absolute atomic E-state index is 10.9. The Bertz CT molecular complexity index is 323. The van der Waals surface area contributed by atoms with Crippen molar-refractivity contribution >= 4 is 21.9 Å². The van der Waals surface area contributed by atoms with E-state index in [0.717, 1.165) is 16.6 Å². The van der Waals surface area contributed by atoms with Crippen molar-refractivity contribution in [3.63, 3.8) is 0 Å². The van der Waals surface area contributed by atoms with E-state index in [2.05, 4.69) is 25.8 Å². The Kier molecular flexibility index (Phi) is 4.13. The number of carbonyl (C=O) groups is 1. The normalized spacial score (nSPS) is 10.2. The number of hydrogen-bond acceptors (Lipinski definition) is 3. The lowest BCUT2D eigenvalue weighted by molar-refractivity contribution is -0.140. The van der Waals surface area contributed by atoms with Gasteiger partial charge in [-0.25, -0.2) is 0 Å². The molecule has 0 saturated carbocycles. The maximum Gasteiger partial charge on any atom is 0.307 e. The highest BCUT2D eigenvalue weighted by atomic mass is 79.9. The highest BCUT2D eigenvalue weighted by molar-refractivity contribution is 9.10. The molecule has 0 aliphatic heterocycles. The molecule has 0 bridgehead atoms. The summed E-state index contributed by atoms with van der Waals surface area (Å²) in [5.74, 6) is -0.213. The molecule has 0 N–H and O–H groups in total. The van der Waals surface area contributed by atoms with E-state index in [1.54, 1.807) is 4.68 Å². The summed E-state index contributed by atoms with van der Waals surface area (Å²) in [4.78, 5) is 10.9. The van der Waals surface area contributed by atoms with E-state index in [1.165, 1.54) is 7.11 Å². The van der Waals surface area contributed by atoms with Crippen molar-refractivity contribution in [3.05, 3.63) is 16.4 Å². The molecule has 0 atom stereocenters.